The van der Waals surface area contributed by atoms with E-state index in [0.29, 0.717) is 12.4 Å². The molecule has 0 unspecified atom stereocenters. The van der Waals surface area contributed by atoms with Crippen LogP contribution < -0.4 is 4.90 Å². The van der Waals surface area contributed by atoms with E-state index in [1.54, 1.807) is 27.5 Å². The average Bonchev–Trinajstić information content (AvgIpc) is 3.10. The van der Waals surface area contributed by atoms with Crippen molar-refractivity contribution in [3.63, 3.8) is 0 Å². The predicted molar refractivity (Wildman–Crippen MR) is 101 cm³/mol. The molecule has 2 aliphatic rings. The van der Waals surface area contributed by atoms with Gasteiger partial charge >= 0.3 is 0 Å². The standard InChI is InChI=1S/C18H19N5OS/c1-12-4-6-15(7-5-12)22-10-23-17(24)16(20-18(23)25-11-22)8-14-9-19-21(3)13(14)2/h4-9H,10-11H2,1-3H3. The Bertz CT molecular complexity index is 897. The molecule has 1 aromatic carbocycles. The lowest BCUT2D eigenvalue weighted by molar-refractivity contribution is -0.122. The smallest absolute Gasteiger partial charge is 0.280 e. The van der Waals surface area contributed by atoms with E-state index in [9.17, 15) is 4.79 Å². The molecular weight excluding hydrogens is 334 g/mol. The molecule has 0 bridgehead atoms. The fraction of sp³-hybridized carbons (Fsp3) is 0.278. The first-order valence-corrected chi connectivity index (χ1v) is 9.07. The summed E-state index contributed by atoms with van der Waals surface area (Å²) in [7, 11) is 1.89. The van der Waals surface area contributed by atoms with Gasteiger partial charge in [-0.05, 0) is 32.1 Å². The largest absolute Gasteiger partial charge is 0.343 e. The lowest BCUT2D eigenvalue weighted by Crippen LogP contribution is -2.46. The number of aryl methyl sites for hydroxylation is 2. The fourth-order valence-electron chi connectivity index (χ4n) is 2.83. The van der Waals surface area contributed by atoms with Crippen LogP contribution in [0.15, 0.2) is 41.2 Å². The SMILES string of the molecule is Cc1ccc(N2CSC3=NC(=Cc4cnn(C)c4C)C(=O)N3C2)cc1. The van der Waals surface area contributed by atoms with Gasteiger partial charge in [-0.2, -0.15) is 5.10 Å². The molecule has 0 spiro atoms. The summed E-state index contributed by atoms with van der Waals surface area (Å²) in [4.78, 5) is 21.2. The minimum absolute atomic E-state index is 0.0532. The van der Waals surface area contributed by atoms with Crippen LogP contribution in [0.1, 0.15) is 16.8 Å². The first-order chi connectivity index (χ1) is 12.0. The van der Waals surface area contributed by atoms with E-state index < -0.39 is 0 Å². The topological polar surface area (TPSA) is 53.7 Å². The van der Waals surface area contributed by atoms with E-state index in [2.05, 4.69) is 46.2 Å². The third kappa shape index (κ3) is 2.84. The van der Waals surface area contributed by atoms with Gasteiger partial charge in [0.25, 0.3) is 5.91 Å². The highest BCUT2D eigenvalue weighted by Crippen LogP contribution is 2.31. The summed E-state index contributed by atoms with van der Waals surface area (Å²) in [5, 5.41) is 5.00. The number of thioether (sulfide) groups is 1. The summed E-state index contributed by atoms with van der Waals surface area (Å²) in [5.41, 5.74) is 4.76. The van der Waals surface area contributed by atoms with E-state index in [1.807, 2.05) is 20.0 Å². The molecule has 1 aromatic heterocycles. The molecule has 7 heteroatoms. The minimum Gasteiger partial charge on any atom is -0.343 e. The zero-order valence-corrected chi connectivity index (χ0v) is 15.2. The van der Waals surface area contributed by atoms with Crippen molar-refractivity contribution < 1.29 is 4.79 Å². The van der Waals surface area contributed by atoms with Gasteiger partial charge in [-0.25, -0.2) is 4.99 Å². The maximum atomic E-state index is 12.8. The van der Waals surface area contributed by atoms with E-state index in [-0.39, 0.29) is 5.91 Å². The van der Waals surface area contributed by atoms with Crippen LogP contribution in [-0.2, 0) is 11.8 Å². The van der Waals surface area contributed by atoms with Gasteiger partial charge < -0.3 is 4.90 Å². The Morgan fingerprint density at radius 2 is 1.96 bits per heavy atom. The second-order valence-corrected chi connectivity index (χ2v) is 7.17. The number of aromatic nitrogens is 2. The molecule has 4 rings (SSSR count). The van der Waals surface area contributed by atoms with Crippen LogP contribution in [0.5, 0.6) is 0 Å². The number of amidine groups is 1. The van der Waals surface area contributed by atoms with Crippen LogP contribution in [0.4, 0.5) is 5.69 Å². The molecule has 2 aliphatic heterocycles. The molecule has 0 radical (unpaired) electrons. The first kappa shape index (κ1) is 16.0. The van der Waals surface area contributed by atoms with Crippen LogP contribution in [-0.4, -0.2) is 38.3 Å². The number of carbonyl (C=O) groups excluding carboxylic acids is 1. The Labute approximate surface area is 150 Å². The Hall–Kier alpha value is -2.54. The Morgan fingerprint density at radius 1 is 1.20 bits per heavy atom. The van der Waals surface area contributed by atoms with E-state index in [4.69, 9.17) is 0 Å². The fourth-order valence-corrected chi connectivity index (χ4v) is 3.79. The summed E-state index contributed by atoms with van der Waals surface area (Å²) < 4.78 is 1.79. The van der Waals surface area contributed by atoms with Crippen LogP contribution >= 0.6 is 11.8 Å². The van der Waals surface area contributed by atoms with Crippen molar-refractivity contribution in [2.24, 2.45) is 12.0 Å². The number of nitrogens with zero attached hydrogens (tertiary/aromatic N) is 5. The van der Waals surface area contributed by atoms with Crippen LogP contribution in [0.3, 0.4) is 0 Å². The summed E-state index contributed by atoms with van der Waals surface area (Å²) in [5.74, 6) is 0.729. The van der Waals surface area contributed by atoms with E-state index in [0.717, 1.165) is 28.0 Å². The number of fused-ring (bicyclic) bond motifs is 1. The zero-order chi connectivity index (χ0) is 17.6. The molecule has 1 amide bonds. The third-order valence-electron chi connectivity index (χ3n) is 4.54. The molecule has 6 nitrogen and oxygen atoms in total. The van der Waals surface area contributed by atoms with Gasteiger partial charge in [-0.3, -0.25) is 14.4 Å². The zero-order valence-electron chi connectivity index (χ0n) is 14.4. The molecular formula is C18H19N5OS. The predicted octanol–water partition coefficient (Wildman–Crippen LogP) is 2.74. The summed E-state index contributed by atoms with van der Waals surface area (Å²) in [6, 6.07) is 8.36. The van der Waals surface area contributed by atoms with Crippen molar-refractivity contribution in [1.82, 2.24) is 14.7 Å². The first-order valence-electron chi connectivity index (χ1n) is 8.08. The number of aliphatic imine (C=N–C) groups is 1. The number of benzene rings is 1. The molecule has 3 heterocycles. The van der Waals surface area contributed by atoms with Gasteiger partial charge in [0.05, 0.1) is 12.1 Å². The lowest BCUT2D eigenvalue weighted by Gasteiger charge is -2.34. The quantitative estimate of drug-likeness (QED) is 0.779. The molecule has 128 valence electrons. The number of rotatable bonds is 2. The summed E-state index contributed by atoms with van der Waals surface area (Å²) in [6.07, 6.45) is 3.59. The van der Waals surface area contributed by atoms with E-state index >= 15 is 0 Å². The van der Waals surface area contributed by atoms with Crippen molar-refractivity contribution in [2.45, 2.75) is 13.8 Å². The molecule has 0 N–H and O–H groups in total. The van der Waals surface area contributed by atoms with Gasteiger partial charge in [-0.1, -0.05) is 29.5 Å². The maximum Gasteiger partial charge on any atom is 0.280 e. The van der Waals surface area contributed by atoms with Crippen LogP contribution in [0.25, 0.3) is 6.08 Å². The molecule has 25 heavy (non-hydrogen) atoms. The molecule has 1 fully saturated rings. The number of amides is 1. The molecule has 1 saturated heterocycles. The number of hydrogen-bond donors (Lipinski definition) is 0. The van der Waals surface area contributed by atoms with E-state index in [1.165, 1.54) is 5.56 Å². The highest BCUT2D eigenvalue weighted by molar-refractivity contribution is 8.14. The van der Waals surface area contributed by atoms with Crippen LogP contribution in [0.2, 0.25) is 0 Å². The Balaban J connectivity index is 1.57. The van der Waals surface area contributed by atoms with Gasteiger partial charge in [0, 0.05) is 24.0 Å². The highest BCUT2D eigenvalue weighted by atomic mass is 32.2. The van der Waals surface area contributed by atoms with Crippen molar-refractivity contribution in [2.75, 3.05) is 17.4 Å². The number of carbonyl (C=O) groups is 1. The minimum atomic E-state index is -0.0532. The molecule has 0 saturated carbocycles. The number of hydrogen-bond acceptors (Lipinski definition) is 5. The number of anilines is 1. The van der Waals surface area contributed by atoms with Gasteiger partial charge in [0.15, 0.2) is 5.17 Å². The van der Waals surface area contributed by atoms with Gasteiger partial charge in [0.1, 0.15) is 12.4 Å². The van der Waals surface area contributed by atoms with Gasteiger partial charge in [-0.15, -0.1) is 0 Å². The third-order valence-corrected chi connectivity index (χ3v) is 5.55. The van der Waals surface area contributed by atoms with Gasteiger partial charge in [0.2, 0.25) is 0 Å². The molecule has 0 atom stereocenters. The highest BCUT2D eigenvalue weighted by Gasteiger charge is 2.35. The normalized spacial score (nSPS) is 18.8. The average molecular weight is 353 g/mol. The van der Waals surface area contributed by atoms with Crippen molar-refractivity contribution in [3.05, 3.63) is 53.0 Å². The van der Waals surface area contributed by atoms with Crippen molar-refractivity contribution >= 4 is 34.6 Å². The van der Waals surface area contributed by atoms with Crippen LogP contribution in [0, 0.1) is 13.8 Å². The second kappa shape index (κ2) is 6.07. The molecule has 2 aromatic rings. The summed E-state index contributed by atoms with van der Waals surface area (Å²) >= 11 is 1.59. The summed E-state index contributed by atoms with van der Waals surface area (Å²) in [6.45, 7) is 4.57. The second-order valence-electron chi connectivity index (χ2n) is 6.26. The van der Waals surface area contributed by atoms with Crippen molar-refractivity contribution in [3.8, 4) is 0 Å². The Morgan fingerprint density at radius 3 is 2.64 bits per heavy atom. The Kier molecular flexibility index (Phi) is 3.88. The van der Waals surface area contributed by atoms with Crippen molar-refractivity contribution in [1.29, 1.82) is 0 Å². The maximum absolute atomic E-state index is 12.8. The monoisotopic (exact) mass is 353 g/mol. The lowest BCUT2D eigenvalue weighted by atomic mass is 10.2. The molecule has 0 aliphatic carbocycles.